The minimum atomic E-state index is -1.13. The smallest absolute Gasteiger partial charge is 0.152 e. The molecule has 104 valence electrons. The van der Waals surface area contributed by atoms with E-state index in [9.17, 15) is 20.4 Å². The predicted octanol–water partition coefficient (Wildman–Crippen LogP) is 1.63. The Morgan fingerprint density at radius 3 is 2.20 bits per heavy atom. The maximum absolute atomic E-state index is 10.2. The Balaban J connectivity index is 2.00. The van der Waals surface area contributed by atoms with E-state index in [0.717, 1.165) is 0 Å². The molecule has 0 spiro atoms. The van der Waals surface area contributed by atoms with Crippen LogP contribution in [-0.4, -0.2) is 26.5 Å². The molecule has 1 heterocycles. The topological polar surface area (TPSA) is 90.2 Å². The van der Waals surface area contributed by atoms with Crippen molar-refractivity contribution >= 4 is 0 Å². The minimum Gasteiger partial charge on any atom is -0.508 e. The highest BCUT2D eigenvalue weighted by Gasteiger charge is 2.37. The van der Waals surface area contributed by atoms with Gasteiger partial charge in [0, 0.05) is 11.6 Å². The van der Waals surface area contributed by atoms with E-state index in [1.165, 1.54) is 30.3 Å². The van der Waals surface area contributed by atoms with Gasteiger partial charge in [-0.3, -0.25) is 0 Å². The van der Waals surface area contributed by atoms with Crippen molar-refractivity contribution in [2.24, 2.45) is 0 Å². The maximum atomic E-state index is 10.2. The monoisotopic (exact) mass is 274 g/mol. The molecule has 5 nitrogen and oxygen atoms in total. The zero-order chi connectivity index (χ0) is 14.3. The lowest BCUT2D eigenvalue weighted by molar-refractivity contribution is -0.0700. The Morgan fingerprint density at radius 1 is 0.850 bits per heavy atom. The molecule has 2 aromatic rings. The highest BCUT2D eigenvalue weighted by molar-refractivity contribution is 5.44. The van der Waals surface area contributed by atoms with Gasteiger partial charge in [-0.15, -0.1) is 0 Å². The first kappa shape index (κ1) is 12.8. The van der Waals surface area contributed by atoms with Gasteiger partial charge in [-0.25, -0.2) is 0 Å². The SMILES string of the molecule is Oc1ccc([C@@H]2Oc3cc(O)ccc3[C@@H](O)[C@H]2O)cc1. The molecule has 0 unspecified atom stereocenters. The number of ether oxygens (including phenoxy) is 1. The molecule has 0 aromatic heterocycles. The fourth-order valence-electron chi connectivity index (χ4n) is 2.35. The average molecular weight is 274 g/mol. The molecule has 4 N–H and O–H groups in total. The van der Waals surface area contributed by atoms with Crippen molar-refractivity contribution in [1.82, 2.24) is 0 Å². The number of fused-ring (bicyclic) bond motifs is 1. The van der Waals surface area contributed by atoms with Crippen LogP contribution in [0.4, 0.5) is 0 Å². The normalized spacial score (nSPS) is 24.8. The third-order valence-corrected chi connectivity index (χ3v) is 3.43. The fourth-order valence-corrected chi connectivity index (χ4v) is 2.35. The molecule has 0 bridgehead atoms. The van der Waals surface area contributed by atoms with Gasteiger partial charge in [0.1, 0.15) is 29.5 Å². The molecule has 1 aliphatic rings. The van der Waals surface area contributed by atoms with Crippen molar-refractivity contribution in [3.05, 3.63) is 53.6 Å². The number of phenolic OH excluding ortho intramolecular Hbond substituents is 2. The van der Waals surface area contributed by atoms with Crippen molar-refractivity contribution in [3.63, 3.8) is 0 Å². The van der Waals surface area contributed by atoms with Crippen LogP contribution in [0.2, 0.25) is 0 Å². The summed E-state index contributed by atoms with van der Waals surface area (Å²) in [6.45, 7) is 0. The van der Waals surface area contributed by atoms with Crippen LogP contribution < -0.4 is 4.74 Å². The number of rotatable bonds is 1. The quantitative estimate of drug-likeness (QED) is 0.634. The molecule has 1 aliphatic heterocycles. The van der Waals surface area contributed by atoms with E-state index in [4.69, 9.17) is 4.74 Å². The molecule has 0 amide bonds. The zero-order valence-corrected chi connectivity index (χ0v) is 10.5. The summed E-state index contributed by atoms with van der Waals surface area (Å²) in [5, 5.41) is 39.1. The molecule has 0 aliphatic carbocycles. The summed E-state index contributed by atoms with van der Waals surface area (Å²) in [6.07, 6.45) is -2.99. The summed E-state index contributed by atoms with van der Waals surface area (Å²) in [7, 11) is 0. The van der Waals surface area contributed by atoms with Gasteiger partial charge in [0.15, 0.2) is 6.10 Å². The highest BCUT2D eigenvalue weighted by atomic mass is 16.5. The van der Waals surface area contributed by atoms with E-state index >= 15 is 0 Å². The Hall–Kier alpha value is -2.24. The number of aliphatic hydroxyl groups excluding tert-OH is 2. The van der Waals surface area contributed by atoms with Crippen molar-refractivity contribution in [2.45, 2.75) is 18.3 Å². The molecular formula is C15H14O5. The van der Waals surface area contributed by atoms with E-state index in [-0.39, 0.29) is 11.5 Å². The van der Waals surface area contributed by atoms with Gasteiger partial charge in [0.2, 0.25) is 0 Å². The second kappa shape index (κ2) is 4.70. The summed E-state index contributed by atoms with van der Waals surface area (Å²) in [5.41, 5.74) is 1.06. The summed E-state index contributed by atoms with van der Waals surface area (Å²) < 4.78 is 5.67. The van der Waals surface area contributed by atoms with Crippen LogP contribution in [0.3, 0.4) is 0 Å². The predicted molar refractivity (Wildman–Crippen MR) is 70.5 cm³/mol. The van der Waals surface area contributed by atoms with Gasteiger partial charge in [-0.2, -0.15) is 0 Å². The molecule has 0 saturated carbocycles. The van der Waals surface area contributed by atoms with Gasteiger partial charge in [-0.05, 0) is 29.8 Å². The van der Waals surface area contributed by atoms with Gasteiger partial charge in [-0.1, -0.05) is 12.1 Å². The third kappa shape index (κ3) is 2.07. The first-order valence-electron chi connectivity index (χ1n) is 6.21. The first-order chi connectivity index (χ1) is 9.56. The standard InChI is InChI=1S/C15H14O5/c16-9-3-1-8(2-4-9)15-14(19)13(18)11-6-5-10(17)7-12(11)20-15/h1-7,13-19H/t13-,14-,15+/m1/s1. The highest BCUT2D eigenvalue weighted by Crippen LogP contribution is 2.42. The molecule has 5 heteroatoms. The number of phenols is 2. The largest absolute Gasteiger partial charge is 0.508 e. The Bertz CT molecular complexity index is 623. The summed E-state index contributed by atoms with van der Waals surface area (Å²) in [5.74, 6) is 0.468. The molecule has 0 radical (unpaired) electrons. The Labute approximate surface area is 115 Å². The van der Waals surface area contributed by atoms with Crippen LogP contribution in [0, 0.1) is 0 Å². The second-order valence-corrected chi connectivity index (χ2v) is 4.79. The fraction of sp³-hybridized carbons (Fsp3) is 0.200. The van der Waals surface area contributed by atoms with Crippen LogP contribution in [0.1, 0.15) is 23.3 Å². The van der Waals surface area contributed by atoms with E-state index < -0.39 is 18.3 Å². The number of hydrogen-bond acceptors (Lipinski definition) is 5. The zero-order valence-electron chi connectivity index (χ0n) is 10.5. The molecule has 20 heavy (non-hydrogen) atoms. The van der Waals surface area contributed by atoms with Gasteiger partial charge >= 0.3 is 0 Å². The van der Waals surface area contributed by atoms with Crippen molar-refractivity contribution in [3.8, 4) is 17.2 Å². The summed E-state index contributed by atoms with van der Waals surface area (Å²) in [6, 6.07) is 10.5. The maximum Gasteiger partial charge on any atom is 0.152 e. The van der Waals surface area contributed by atoms with E-state index in [1.807, 2.05) is 0 Å². The second-order valence-electron chi connectivity index (χ2n) is 4.79. The number of benzene rings is 2. The van der Waals surface area contributed by atoms with E-state index in [1.54, 1.807) is 12.1 Å². The van der Waals surface area contributed by atoms with Gasteiger partial charge in [0.25, 0.3) is 0 Å². The summed E-state index contributed by atoms with van der Waals surface area (Å²) >= 11 is 0. The lowest BCUT2D eigenvalue weighted by atomic mass is 9.92. The molecular weight excluding hydrogens is 260 g/mol. The lowest BCUT2D eigenvalue weighted by Gasteiger charge is -2.34. The molecule has 2 aromatic carbocycles. The molecule has 3 atom stereocenters. The van der Waals surface area contributed by atoms with Crippen LogP contribution in [0.25, 0.3) is 0 Å². The molecule has 3 rings (SSSR count). The lowest BCUT2D eigenvalue weighted by Crippen LogP contribution is -2.34. The summed E-state index contributed by atoms with van der Waals surface area (Å²) in [4.78, 5) is 0. The number of aromatic hydroxyl groups is 2. The van der Waals surface area contributed by atoms with Gasteiger partial charge in [0.05, 0.1) is 0 Å². The molecule has 0 fully saturated rings. The molecule has 0 saturated heterocycles. The third-order valence-electron chi connectivity index (χ3n) is 3.43. The van der Waals surface area contributed by atoms with Crippen LogP contribution in [0.5, 0.6) is 17.2 Å². The Kier molecular flexibility index (Phi) is 3.00. The van der Waals surface area contributed by atoms with Crippen molar-refractivity contribution in [1.29, 1.82) is 0 Å². The minimum absolute atomic E-state index is 0.0248. The van der Waals surface area contributed by atoms with Crippen LogP contribution >= 0.6 is 0 Å². The van der Waals surface area contributed by atoms with Gasteiger partial charge < -0.3 is 25.2 Å². The Morgan fingerprint density at radius 2 is 1.50 bits per heavy atom. The van der Waals surface area contributed by atoms with E-state index in [0.29, 0.717) is 16.9 Å². The van der Waals surface area contributed by atoms with Crippen LogP contribution in [0.15, 0.2) is 42.5 Å². The van der Waals surface area contributed by atoms with Crippen LogP contribution in [-0.2, 0) is 0 Å². The van der Waals surface area contributed by atoms with Crippen molar-refractivity contribution in [2.75, 3.05) is 0 Å². The van der Waals surface area contributed by atoms with E-state index in [2.05, 4.69) is 0 Å². The number of hydrogen-bond donors (Lipinski definition) is 4. The number of aliphatic hydroxyl groups is 2. The van der Waals surface area contributed by atoms with Crippen molar-refractivity contribution < 1.29 is 25.2 Å². The average Bonchev–Trinajstić information content (AvgIpc) is 2.44. The first-order valence-corrected chi connectivity index (χ1v) is 6.21.